The summed E-state index contributed by atoms with van der Waals surface area (Å²) in [6, 6.07) is 8.60. The van der Waals surface area contributed by atoms with Crippen LogP contribution in [0.3, 0.4) is 0 Å². The monoisotopic (exact) mass is 614 g/mol. The van der Waals surface area contributed by atoms with Crippen LogP contribution in [0.15, 0.2) is 47.6 Å². The number of carbonyl (C=O) groups is 1. The second kappa shape index (κ2) is 11.8. The number of ether oxygens (including phenoxy) is 2. The van der Waals surface area contributed by atoms with E-state index < -0.39 is 44.0 Å². The second-order valence-electron chi connectivity index (χ2n) is 10.4. The lowest BCUT2D eigenvalue weighted by Crippen LogP contribution is -2.46. The van der Waals surface area contributed by atoms with Gasteiger partial charge in [-0.05, 0) is 50.8 Å². The smallest absolute Gasteiger partial charge is 0.410 e. The summed E-state index contributed by atoms with van der Waals surface area (Å²) in [5.74, 6) is -3.05. The molecule has 1 unspecified atom stereocenters. The first-order chi connectivity index (χ1) is 18.8. The molecule has 0 radical (unpaired) electrons. The summed E-state index contributed by atoms with van der Waals surface area (Å²) in [4.78, 5) is 17.3. The number of sulfonamides is 1. The Hall–Kier alpha value is -3.03. The average Bonchev–Trinajstić information content (AvgIpc) is 3.43. The van der Waals surface area contributed by atoms with Gasteiger partial charge in [0.1, 0.15) is 22.6 Å². The van der Waals surface area contributed by atoms with Crippen molar-refractivity contribution < 1.29 is 31.5 Å². The van der Waals surface area contributed by atoms with Crippen molar-refractivity contribution in [3.8, 4) is 5.75 Å². The number of halogens is 3. The summed E-state index contributed by atoms with van der Waals surface area (Å²) in [7, 11) is -3.27. The van der Waals surface area contributed by atoms with Crippen molar-refractivity contribution in [3.05, 3.63) is 64.9 Å². The summed E-state index contributed by atoms with van der Waals surface area (Å²) >= 11 is 6.85. The molecule has 4 rings (SSSR count). The minimum atomic E-state index is -4.45. The third-order valence-corrected chi connectivity index (χ3v) is 9.25. The van der Waals surface area contributed by atoms with Crippen molar-refractivity contribution in [1.29, 1.82) is 0 Å². The van der Waals surface area contributed by atoms with E-state index in [-0.39, 0.29) is 30.1 Å². The van der Waals surface area contributed by atoms with Crippen LogP contribution in [-0.2, 0) is 14.8 Å². The van der Waals surface area contributed by atoms with Crippen molar-refractivity contribution in [2.75, 3.05) is 31.0 Å². The summed E-state index contributed by atoms with van der Waals surface area (Å²) in [6.07, 6.45) is 1.27. The van der Waals surface area contributed by atoms with E-state index in [0.29, 0.717) is 30.1 Å². The maximum absolute atomic E-state index is 15.1. The van der Waals surface area contributed by atoms with Crippen molar-refractivity contribution >= 4 is 44.4 Å². The Kier molecular flexibility index (Phi) is 8.86. The summed E-state index contributed by atoms with van der Waals surface area (Å²) in [5, 5.41) is 0.576. The van der Waals surface area contributed by atoms with Crippen LogP contribution in [0.5, 0.6) is 5.75 Å². The molecule has 0 aliphatic carbocycles. The van der Waals surface area contributed by atoms with Gasteiger partial charge in [-0.25, -0.2) is 31.3 Å². The normalized spacial score (nSPS) is 17.9. The Labute approximate surface area is 240 Å². The van der Waals surface area contributed by atoms with E-state index in [1.807, 2.05) is 12.1 Å². The van der Waals surface area contributed by atoms with Gasteiger partial charge in [-0.3, -0.25) is 0 Å². The summed E-state index contributed by atoms with van der Waals surface area (Å²) < 4.78 is 71.6. The highest BCUT2D eigenvalue weighted by molar-refractivity contribution is 7.93. The summed E-state index contributed by atoms with van der Waals surface area (Å²) in [6.45, 7) is 5.96. The molecule has 1 fully saturated rings. The highest BCUT2D eigenvalue weighted by Crippen LogP contribution is 2.36. The number of nitrogens with zero attached hydrogens (tertiary/aromatic N) is 4. The standard InChI is InChI=1S/C26H29ClF2N4O5S2/c1-26(2,3)38-25(34)33-10-9-19(16-5-7-18(27)8-6-16)17(13-33)14-37-22-11-21(29)23(12-20(22)28)40(35,36)32(4)24-30-15-31-39-24/h5-8,11-12,15,17,19H,9-10,13-14H2,1-4H3/t17-,19?/m0/s1. The first-order valence-electron chi connectivity index (χ1n) is 12.4. The van der Waals surface area contributed by atoms with Crippen LogP contribution < -0.4 is 9.04 Å². The van der Waals surface area contributed by atoms with Crippen molar-refractivity contribution in [1.82, 2.24) is 14.3 Å². The zero-order valence-corrected chi connectivity index (χ0v) is 24.7. The number of aromatic nitrogens is 2. The molecule has 216 valence electrons. The van der Waals surface area contributed by atoms with Gasteiger partial charge in [0.05, 0.1) is 6.61 Å². The summed E-state index contributed by atoms with van der Waals surface area (Å²) in [5.41, 5.74) is 0.290. The van der Waals surface area contributed by atoms with Gasteiger partial charge >= 0.3 is 6.09 Å². The minimum absolute atomic E-state index is 0.000200. The van der Waals surface area contributed by atoms with E-state index in [1.165, 1.54) is 7.05 Å². The van der Waals surface area contributed by atoms with Gasteiger partial charge in [0.25, 0.3) is 10.0 Å². The first-order valence-corrected chi connectivity index (χ1v) is 15.0. The van der Waals surface area contributed by atoms with Crippen molar-refractivity contribution in [2.45, 2.75) is 43.6 Å². The molecule has 1 saturated heterocycles. The Morgan fingerprint density at radius 2 is 1.90 bits per heavy atom. The quantitative estimate of drug-likeness (QED) is 0.336. The molecule has 40 heavy (non-hydrogen) atoms. The fourth-order valence-electron chi connectivity index (χ4n) is 4.41. The van der Waals surface area contributed by atoms with Gasteiger partial charge in [0, 0.05) is 54.7 Å². The number of likely N-dealkylation sites (tertiary alicyclic amines) is 1. The molecular formula is C26H29ClF2N4O5S2. The number of anilines is 1. The number of hydrogen-bond donors (Lipinski definition) is 0. The molecule has 2 aromatic carbocycles. The van der Waals surface area contributed by atoms with E-state index in [2.05, 4.69) is 9.36 Å². The molecule has 1 aliphatic rings. The number of benzene rings is 2. The van der Waals surface area contributed by atoms with Gasteiger partial charge in [-0.1, -0.05) is 23.7 Å². The fourth-order valence-corrected chi connectivity index (χ4v) is 6.44. The van der Waals surface area contributed by atoms with Crippen LogP contribution in [0.1, 0.15) is 38.7 Å². The van der Waals surface area contributed by atoms with Gasteiger partial charge < -0.3 is 14.4 Å². The van der Waals surface area contributed by atoms with Crippen LogP contribution in [0.4, 0.5) is 18.7 Å². The molecule has 2 heterocycles. The van der Waals surface area contributed by atoms with E-state index in [9.17, 15) is 13.2 Å². The lowest BCUT2D eigenvalue weighted by Gasteiger charge is -2.39. The van der Waals surface area contributed by atoms with Crippen molar-refractivity contribution in [2.24, 2.45) is 5.92 Å². The lowest BCUT2D eigenvalue weighted by molar-refractivity contribution is 0.0110. The van der Waals surface area contributed by atoms with E-state index in [1.54, 1.807) is 37.8 Å². The predicted octanol–water partition coefficient (Wildman–Crippen LogP) is 5.71. The third-order valence-electron chi connectivity index (χ3n) is 6.38. The number of piperidine rings is 1. The van der Waals surface area contributed by atoms with E-state index >= 15 is 8.78 Å². The van der Waals surface area contributed by atoms with Gasteiger partial charge in [0.2, 0.25) is 5.13 Å². The molecule has 0 N–H and O–H groups in total. The first kappa shape index (κ1) is 29.9. The zero-order valence-electron chi connectivity index (χ0n) is 22.3. The Morgan fingerprint density at radius 3 is 2.52 bits per heavy atom. The van der Waals surface area contributed by atoms with Crippen LogP contribution in [0, 0.1) is 17.6 Å². The topological polar surface area (TPSA) is 102 Å². The molecule has 0 bridgehead atoms. The lowest BCUT2D eigenvalue weighted by atomic mass is 9.81. The Bertz CT molecular complexity index is 1450. The van der Waals surface area contributed by atoms with Gasteiger partial charge in [-0.15, -0.1) is 0 Å². The van der Waals surface area contributed by atoms with Crippen molar-refractivity contribution in [3.63, 3.8) is 0 Å². The molecule has 0 saturated carbocycles. The predicted molar refractivity (Wildman–Crippen MR) is 147 cm³/mol. The molecule has 1 aromatic heterocycles. The largest absolute Gasteiger partial charge is 0.490 e. The van der Waals surface area contributed by atoms with Crippen LogP contribution in [0.2, 0.25) is 5.02 Å². The molecule has 3 aromatic rings. The number of carbonyl (C=O) groups excluding carboxylic acids is 1. The van der Waals surface area contributed by atoms with Crippen LogP contribution in [0.25, 0.3) is 0 Å². The maximum Gasteiger partial charge on any atom is 0.410 e. The van der Waals surface area contributed by atoms with Gasteiger partial charge in [-0.2, -0.15) is 4.37 Å². The highest BCUT2D eigenvalue weighted by Gasteiger charge is 2.35. The number of hydrogen-bond acceptors (Lipinski definition) is 8. The van der Waals surface area contributed by atoms with Crippen LogP contribution >= 0.6 is 23.1 Å². The Balaban J connectivity index is 1.56. The molecule has 1 aliphatic heterocycles. The zero-order chi connectivity index (χ0) is 29.2. The van der Waals surface area contributed by atoms with E-state index in [4.69, 9.17) is 21.1 Å². The highest BCUT2D eigenvalue weighted by atomic mass is 35.5. The number of rotatable bonds is 7. The second-order valence-corrected chi connectivity index (χ2v) is 13.5. The number of amides is 1. The molecule has 14 heteroatoms. The van der Waals surface area contributed by atoms with Crippen LogP contribution in [-0.4, -0.2) is 61.1 Å². The molecule has 1 amide bonds. The Morgan fingerprint density at radius 1 is 1.20 bits per heavy atom. The molecule has 9 nitrogen and oxygen atoms in total. The third kappa shape index (κ3) is 6.81. The maximum atomic E-state index is 15.1. The average molecular weight is 615 g/mol. The molecular weight excluding hydrogens is 586 g/mol. The van der Waals surface area contributed by atoms with E-state index in [0.717, 1.165) is 27.7 Å². The SMILES string of the molecule is CN(c1ncns1)S(=O)(=O)c1cc(F)c(OC[C@@H]2CN(C(=O)OC(C)(C)C)CCC2c2ccc(Cl)cc2)cc1F. The fraction of sp³-hybridized carbons (Fsp3) is 0.423. The minimum Gasteiger partial charge on any atom is -0.490 e. The van der Waals surface area contributed by atoms with Gasteiger partial charge in [0.15, 0.2) is 11.6 Å². The molecule has 2 atom stereocenters. The molecule has 0 spiro atoms.